The van der Waals surface area contributed by atoms with E-state index in [-0.39, 0.29) is 30.0 Å². The second-order valence-corrected chi connectivity index (χ2v) is 11.0. The van der Waals surface area contributed by atoms with Gasteiger partial charge in [-0.1, -0.05) is 65.7 Å². The summed E-state index contributed by atoms with van der Waals surface area (Å²) in [7, 11) is 3.92. The Morgan fingerprint density at radius 3 is 2.05 bits per heavy atom. The maximum atomic E-state index is 14.0. The molecule has 0 aliphatic carbocycles. The molecule has 4 aromatic carbocycles. The topological polar surface area (TPSA) is 79.0 Å². The first-order valence-electron chi connectivity index (χ1n) is 13.4. The molecule has 0 radical (unpaired) electrons. The van der Waals surface area contributed by atoms with Crippen molar-refractivity contribution in [3.05, 3.63) is 129 Å². The minimum absolute atomic E-state index is 0.106. The number of hydrogen-bond acceptors (Lipinski definition) is 5. The highest BCUT2D eigenvalue weighted by molar-refractivity contribution is 6.34. The number of carbonyl (C=O) groups excluding carboxylic acids is 3. The third-order valence-electron chi connectivity index (χ3n) is 7.20. The molecule has 1 N–H and O–H groups in total. The second kappa shape index (κ2) is 12.8. The van der Waals surface area contributed by atoms with Crippen molar-refractivity contribution in [2.75, 3.05) is 30.9 Å². The van der Waals surface area contributed by atoms with Gasteiger partial charge in [0, 0.05) is 29.4 Å². The molecule has 2 atom stereocenters. The Hall–Kier alpha value is -4.17. The molecule has 5 rings (SSSR count). The Morgan fingerprint density at radius 2 is 1.40 bits per heavy atom. The third-order valence-corrected chi connectivity index (χ3v) is 7.86. The van der Waals surface area contributed by atoms with Crippen LogP contribution in [0, 0.1) is 0 Å². The van der Waals surface area contributed by atoms with E-state index in [1.54, 1.807) is 77.7 Å². The van der Waals surface area contributed by atoms with Gasteiger partial charge in [-0.05, 0) is 74.3 Å². The van der Waals surface area contributed by atoms with Gasteiger partial charge in [0.25, 0.3) is 11.8 Å². The van der Waals surface area contributed by atoms with Crippen LogP contribution < -0.4 is 10.2 Å². The highest BCUT2D eigenvalue weighted by atomic mass is 35.5. The van der Waals surface area contributed by atoms with E-state index in [9.17, 15) is 14.4 Å². The van der Waals surface area contributed by atoms with Crippen LogP contribution in [0.15, 0.2) is 97.1 Å². The minimum atomic E-state index is -0.605. The van der Waals surface area contributed by atoms with Gasteiger partial charge >= 0.3 is 5.97 Å². The summed E-state index contributed by atoms with van der Waals surface area (Å²) in [4.78, 5) is 43.5. The normalized spacial score (nSPS) is 16.4. The van der Waals surface area contributed by atoms with E-state index in [1.165, 1.54) is 0 Å². The van der Waals surface area contributed by atoms with Gasteiger partial charge in [0.15, 0.2) is 0 Å². The van der Waals surface area contributed by atoms with Crippen molar-refractivity contribution in [3.63, 3.8) is 0 Å². The molecule has 0 spiro atoms. The van der Waals surface area contributed by atoms with Gasteiger partial charge in [0.1, 0.15) is 6.10 Å². The fourth-order valence-corrected chi connectivity index (χ4v) is 5.51. The lowest BCUT2D eigenvalue weighted by Gasteiger charge is -2.26. The molecular formula is C33H29Cl2N3O4. The molecule has 1 heterocycles. The molecule has 214 valence electrons. The van der Waals surface area contributed by atoms with Crippen molar-refractivity contribution in [2.24, 2.45) is 0 Å². The first-order chi connectivity index (χ1) is 20.2. The summed E-state index contributed by atoms with van der Waals surface area (Å²) in [5, 5.41) is 3.47. The van der Waals surface area contributed by atoms with Crippen LogP contribution in [0.3, 0.4) is 0 Å². The van der Waals surface area contributed by atoms with E-state index in [2.05, 4.69) is 10.2 Å². The lowest BCUT2D eigenvalue weighted by Crippen LogP contribution is -2.39. The number of halogens is 2. The summed E-state index contributed by atoms with van der Waals surface area (Å²) in [5.74, 6) is -1.15. The maximum Gasteiger partial charge on any atom is 0.339 e. The number of benzene rings is 4. The number of esters is 1. The van der Waals surface area contributed by atoms with Crippen LogP contribution in [0.4, 0.5) is 11.4 Å². The molecule has 42 heavy (non-hydrogen) atoms. The van der Waals surface area contributed by atoms with E-state index >= 15 is 0 Å². The average Bonchev–Trinajstić information content (AvgIpc) is 3.15. The molecule has 7 nitrogen and oxygen atoms in total. The van der Waals surface area contributed by atoms with Crippen LogP contribution in [0.25, 0.3) is 0 Å². The summed E-state index contributed by atoms with van der Waals surface area (Å²) in [5.41, 5.74) is 3.26. The van der Waals surface area contributed by atoms with Crippen molar-refractivity contribution in [2.45, 2.75) is 18.6 Å². The van der Waals surface area contributed by atoms with Gasteiger partial charge in [-0.15, -0.1) is 0 Å². The Kier molecular flexibility index (Phi) is 8.92. The fraction of sp³-hybridized carbons (Fsp3) is 0.182. The number of para-hydroxylation sites is 1. The van der Waals surface area contributed by atoms with Gasteiger partial charge in [-0.2, -0.15) is 0 Å². The Morgan fingerprint density at radius 1 is 0.810 bits per heavy atom. The maximum absolute atomic E-state index is 14.0. The smallest absolute Gasteiger partial charge is 0.339 e. The van der Waals surface area contributed by atoms with E-state index in [0.29, 0.717) is 33.3 Å². The second-order valence-electron chi connectivity index (χ2n) is 10.2. The van der Waals surface area contributed by atoms with Gasteiger partial charge in [-0.3, -0.25) is 9.59 Å². The molecule has 2 unspecified atom stereocenters. The molecule has 4 aromatic rings. The first-order valence-corrected chi connectivity index (χ1v) is 14.2. The van der Waals surface area contributed by atoms with Gasteiger partial charge < -0.3 is 19.9 Å². The summed E-state index contributed by atoms with van der Waals surface area (Å²) in [6, 6.07) is 27.8. The predicted octanol–water partition coefficient (Wildman–Crippen LogP) is 7.12. The molecule has 9 heteroatoms. The van der Waals surface area contributed by atoms with Gasteiger partial charge in [-0.25, -0.2) is 4.79 Å². The molecule has 0 bridgehead atoms. The number of nitrogens with zero attached hydrogens (tertiary/aromatic N) is 2. The number of fused-ring (bicyclic) bond motifs is 1. The Labute approximate surface area is 254 Å². The lowest BCUT2D eigenvalue weighted by atomic mass is 9.99. The highest BCUT2D eigenvalue weighted by Crippen LogP contribution is 2.37. The standard InChI is InChI=1S/C33H29Cl2N3O4/c1-37(2)30-19-23(42-33(41)25-10-4-7-13-28(25)35)20-38(29-14-8-5-11-26(29)30)32(40)21-15-17-22(18-16-21)36-31(39)24-9-3-6-12-27(24)34/h3-18,23,30H,19-20H2,1-2H3,(H,36,39). The molecule has 0 saturated carbocycles. The number of amides is 2. The lowest BCUT2D eigenvalue weighted by molar-refractivity contribution is 0.0246. The molecule has 0 saturated heterocycles. The van der Waals surface area contributed by atoms with Crippen molar-refractivity contribution < 1.29 is 19.1 Å². The highest BCUT2D eigenvalue weighted by Gasteiger charge is 2.35. The van der Waals surface area contributed by atoms with Crippen LogP contribution in [-0.2, 0) is 4.74 Å². The van der Waals surface area contributed by atoms with Crippen molar-refractivity contribution in [1.82, 2.24) is 4.90 Å². The van der Waals surface area contributed by atoms with Gasteiger partial charge in [0.2, 0.25) is 0 Å². The van der Waals surface area contributed by atoms with Crippen LogP contribution in [-0.4, -0.2) is 49.4 Å². The SMILES string of the molecule is CN(C)C1CC(OC(=O)c2ccccc2Cl)CN(C(=O)c2ccc(NC(=O)c3ccccc3Cl)cc2)c2ccccc21. The zero-order valence-corrected chi connectivity index (χ0v) is 24.6. The zero-order valence-electron chi connectivity index (χ0n) is 23.1. The summed E-state index contributed by atoms with van der Waals surface area (Å²) in [6.07, 6.45) is -0.122. The number of rotatable bonds is 6. The first kappa shape index (κ1) is 29.3. The molecule has 0 fully saturated rings. The van der Waals surface area contributed by atoms with Crippen molar-refractivity contribution >= 4 is 52.4 Å². The average molecular weight is 603 g/mol. The summed E-state index contributed by atoms with van der Waals surface area (Å²) < 4.78 is 5.98. The number of carbonyl (C=O) groups is 3. The van der Waals surface area contributed by atoms with Gasteiger partial charge in [0.05, 0.1) is 27.7 Å². The predicted molar refractivity (Wildman–Crippen MR) is 166 cm³/mol. The number of ether oxygens (including phenoxy) is 1. The van der Waals surface area contributed by atoms with Crippen molar-refractivity contribution in [1.29, 1.82) is 0 Å². The van der Waals surface area contributed by atoms with Crippen LogP contribution >= 0.6 is 23.2 Å². The van der Waals surface area contributed by atoms with E-state index in [4.69, 9.17) is 27.9 Å². The molecule has 1 aliphatic heterocycles. The minimum Gasteiger partial charge on any atom is -0.457 e. The molecular weight excluding hydrogens is 573 g/mol. The Balaban J connectivity index is 1.42. The quantitative estimate of drug-likeness (QED) is 0.238. The number of hydrogen-bond donors (Lipinski definition) is 1. The van der Waals surface area contributed by atoms with Crippen LogP contribution in [0.1, 0.15) is 49.1 Å². The van der Waals surface area contributed by atoms with E-state index in [1.807, 2.05) is 38.4 Å². The zero-order chi connectivity index (χ0) is 29.8. The fourth-order valence-electron chi connectivity index (χ4n) is 5.07. The molecule has 0 aromatic heterocycles. The summed E-state index contributed by atoms with van der Waals surface area (Å²) >= 11 is 12.4. The Bertz CT molecular complexity index is 1620. The van der Waals surface area contributed by atoms with Crippen LogP contribution in [0.2, 0.25) is 10.0 Å². The number of anilines is 2. The van der Waals surface area contributed by atoms with Crippen molar-refractivity contribution in [3.8, 4) is 0 Å². The third kappa shape index (κ3) is 6.34. The summed E-state index contributed by atoms with van der Waals surface area (Å²) in [6.45, 7) is 0.154. The van der Waals surface area contributed by atoms with Crippen LogP contribution in [0.5, 0.6) is 0 Å². The van der Waals surface area contributed by atoms with E-state index < -0.39 is 12.1 Å². The molecule has 1 aliphatic rings. The molecule has 2 amide bonds. The number of nitrogens with one attached hydrogen (secondary N) is 1. The largest absolute Gasteiger partial charge is 0.457 e. The van der Waals surface area contributed by atoms with E-state index in [0.717, 1.165) is 11.3 Å². The monoisotopic (exact) mass is 601 g/mol.